The average molecular weight is 343 g/mol. The first-order valence-electron chi connectivity index (χ1n) is 8.79. The number of nitrogens with zero attached hydrogens (tertiary/aromatic N) is 4. The molecule has 134 valence electrons. The Kier molecular flexibility index (Phi) is 6.39. The van der Waals surface area contributed by atoms with Gasteiger partial charge in [-0.3, -0.25) is 14.4 Å². The fourth-order valence-electron chi connectivity index (χ4n) is 3.17. The number of hydrogen-bond donors (Lipinski definition) is 1. The third kappa shape index (κ3) is 5.86. The largest absolute Gasteiger partial charge is 0.492 e. The maximum atomic E-state index is 12.1. The van der Waals surface area contributed by atoms with Crippen molar-refractivity contribution in [1.82, 2.24) is 25.0 Å². The van der Waals surface area contributed by atoms with Crippen molar-refractivity contribution < 1.29 is 9.53 Å². The smallest absolute Gasteiger partial charge is 0.234 e. The molecule has 1 aliphatic heterocycles. The van der Waals surface area contributed by atoms with E-state index in [2.05, 4.69) is 20.3 Å². The van der Waals surface area contributed by atoms with Gasteiger partial charge in [-0.1, -0.05) is 18.2 Å². The van der Waals surface area contributed by atoms with Crippen LogP contribution < -0.4 is 10.1 Å². The summed E-state index contributed by atoms with van der Waals surface area (Å²) < 4.78 is 7.45. The number of nitrogens with one attached hydrogen (secondary N) is 1. The van der Waals surface area contributed by atoms with Gasteiger partial charge >= 0.3 is 0 Å². The van der Waals surface area contributed by atoms with Crippen molar-refractivity contribution in [2.45, 2.75) is 19.4 Å². The number of benzene rings is 1. The van der Waals surface area contributed by atoms with Gasteiger partial charge in [0.05, 0.1) is 13.1 Å². The highest BCUT2D eigenvalue weighted by Crippen LogP contribution is 2.17. The lowest BCUT2D eigenvalue weighted by molar-refractivity contribution is -0.122. The van der Waals surface area contributed by atoms with Crippen LogP contribution in [-0.4, -0.2) is 58.4 Å². The van der Waals surface area contributed by atoms with E-state index in [1.165, 1.54) is 6.42 Å². The number of piperidine rings is 1. The molecule has 2 heterocycles. The van der Waals surface area contributed by atoms with Crippen LogP contribution >= 0.6 is 0 Å². The number of para-hydroxylation sites is 1. The summed E-state index contributed by atoms with van der Waals surface area (Å²) in [4.78, 5) is 18.3. The zero-order valence-corrected chi connectivity index (χ0v) is 14.4. The number of carbonyl (C=O) groups is 1. The zero-order chi connectivity index (χ0) is 17.3. The number of hydrogen-bond acceptors (Lipinski definition) is 5. The minimum absolute atomic E-state index is 0.0538. The van der Waals surface area contributed by atoms with Gasteiger partial charge in [-0.05, 0) is 37.4 Å². The molecule has 0 unspecified atom stereocenters. The van der Waals surface area contributed by atoms with Crippen LogP contribution in [0.5, 0.6) is 5.75 Å². The quantitative estimate of drug-likeness (QED) is 0.729. The van der Waals surface area contributed by atoms with Crippen LogP contribution in [0.15, 0.2) is 43.0 Å². The van der Waals surface area contributed by atoms with Gasteiger partial charge in [0.15, 0.2) is 0 Å². The van der Waals surface area contributed by atoms with Crippen molar-refractivity contribution >= 4 is 5.91 Å². The molecule has 25 heavy (non-hydrogen) atoms. The van der Waals surface area contributed by atoms with E-state index in [4.69, 9.17) is 4.74 Å². The molecule has 1 amide bonds. The Labute approximate surface area is 148 Å². The number of rotatable bonds is 8. The summed E-state index contributed by atoms with van der Waals surface area (Å²) in [6, 6.07) is 9.62. The molecular weight excluding hydrogens is 318 g/mol. The second-order valence-corrected chi connectivity index (χ2v) is 6.37. The Bertz CT molecular complexity index is 632. The summed E-state index contributed by atoms with van der Waals surface area (Å²) in [6.07, 6.45) is 5.59. The standard InChI is InChI=1S/C18H25N5O2/c24-18(20-8-10-25-17-6-2-1-3-7-17)13-22-9-4-5-16(11-22)12-23-15-19-14-21-23/h1-3,6-7,14-16H,4-5,8-13H2,(H,20,24)/t16-/m0/s1. The second-order valence-electron chi connectivity index (χ2n) is 6.37. The second kappa shape index (κ2) is 9.17. The molecule has 1 aliphatic rings. The van der Waals surface area contributed by atoms with Crippen molar-refractivity contribution in [3.63, 3.8) is 0 Å². The molecule has 1 fully saturated rings. The highest BCUT2D eigenvalue weighted by Gasteiger charge is 2.22. The van der Waals surface area contributed by atoms with Gasteiger partial charge in [0.2, 0.25) is 5.91 Å². The minimum Gasteiger partial charge on any atom is -0.492 e. The Morgan fingerprint density at radius 1 is 1.32 bits per heavy atom. The van der Waals surface area contributed by atoms with E-state index in [0.717, 1.165) is 31.8 Å². The Morgan fingerprint density at radius 2 is 2.20 bits per heavy atom. The van der Waals surface area contributed by atoms with Gasteiger partial charge in [0.25, 0.3) is 0 Å². The van der Waals surface area contributed by atoms with Crippen LogP contribution in [-0.2, 0) is 11.3 Å². The maximum absolute atomic E-state index is 12.1. The first-order valence-corrected chi connectivity index (χ1v) is 8.79. The van der Waals surface area contributed by atoms with E-state index in [1.807, 2.05) is 35.0 Å². The molecule has 1 aromatic heterocycles. The lowest BCUT2D eigenvalue weighted by Crippen LogP contribution is -2.44. The molecule has 0 spiro atoms. The van der Waals surface area contributed by atoms with Gasteiger partial charge in [-0.25, -0.2) is 4.98 Å². The number of likely N-dealkylation sites (tertiary alicyclic amines) is 1. The molecule has 2 aromatic rings. The molecule has 0 aliphatic carbocycles. The SMILES string of the molecule is O=C(CN1CCC[C@H](Cn2cncn2)C1)NCCOc1ccccc1. The van der Waals surface area contributed by atoms with Gasteiger partial charge in [0.1, 0.15) is 25.0 Å². The molecule has 1 aromatic carbocycles. The summed E-state index contributed by atoms with van der Waals surface area (Å²) in [5.41, 5.74) is 0. The zero-order valence-electron chi connectivity index (χ0n) is 14.4. The van der Waals surface area contributed by atoms with Gasteiger partial charge in [0, 0.05) is 13.1 Å². The van der Waals surface area contributed by atoms with Gasteiger partial charge in [-0.2, -0.15) is 5.10 Å². The monoisotopic (exact) mass is 343 g/mol. The fourth-order valence-corrected chi connectivity index (χ4v) is 3.17. The van der Waals surface area contributed by atoms with Crippen LogP contribution in [0.3, 0.4) is 0 Å². The molecule has 1 atom stereocenters. The minimum atomic E-state index is 0.0538. The van der Waals surface area contributed by atoms with Crippen LogP contribution in [0.25, 0.3) is 0 Å². The highest BCUT2D eigenvalue weighted by atomic mass is 16.5. The topological polar surface area (TPSA) is 72.3 Å². The molecule has 0 bridgehead atoms. The van der Waals surface area contributed by atoms with Crippen LogP contribution in [0.4, 0.5) is 0 Å². The first-order chi connectivity index (χ1) is 12.3. The number of ether oxygens (including phenoxy) is 1. The predicted molar refractivity (Wildman–Crippen MR) is 94.1 cm³/mol. The van der Waals surface area contributed by atoms with E-state index < -0.39 is 0 Å². The van der Waals surface area contributed by atoms with E-state index in [-0.39, 0.29) is 5.91 Å². The number of aromatic nitrogens is 3. The van der Waals surface area contributed by atoms with Crippen molar-refractivity contribution in [3.05, 3.63) is 43.0 Å². The molecular formula is C18H25N5O2. The lowest BCUT2D eigenvalue weighted by Gasteiger charge is -2.32. The van der Waals surface area contributed by atoms with Gasteiger partial charge < -0.3 is 10.1 Å². The molecule has 0 radical (unpaired) electrons. The Balaban J connectivity index is 1.33. The van der Waals surface area contributed by atoms with Crippen molar-refractivity contribution in [1.29, 1.82) is 0 Å². The summed E-state index contributed by atoms with van der Waals surface area (Å²) in [7, 11) is 0. The maximum Gasteiger partial charge on any atom is 0.234 e. The van der Waals surface area contributed by atoms with E-state index in [1.54, 1.807) is 12.7 Å². The van der Waals surface area contributed by atoms with E-state index in [9.17, 15) is 4.79 Å². The summed E-state index contributed by atoms with van der Waals surface area (Å²) >= 11 is 0. The lowest BCUT2D eigenvalue weighted by atomic mass is 9.98. The van der Waals surface area contributed by atoms with Crippen molar-refractivity contribution in [2.75, 3.05) is 32.8 Å². The Hall–Kier alpha value is -2.41. The molecule has 0 saturated carbocycles. The van der Waals surface area contributed by atoms with Crippen molar-refractivity contribution in [3.8, 4) is 5.75 Å². The third-order valence-electron chi connectivity index (χ3n) is 4.32. The third-order valence-corrected chi connectivity index (χ3v) is 4.32. The predicted octanol–water partition coefficient (Wildman–Crippen LogP) is 1.19. The molecule has 7 heteroatoms. The fraction of sp³-hybridized carbons (Fsp3) is 0.500. The van der Waals surface area contributed by atoms with E-state index in [0.29, 0.717) is 25.6 Å². The van der Waals surface area contributed by atoms with Crippen molar-refractivity contribution in [2.24, 2.45) is 5.92 Å². The summed E-state index contributed by atoms with van der Waals surface area (Å²) in [5, 5.41) is 7.09. The molecule has 1 saturated heterocycles. The Morgan fingerprint density at radius 3 is 3.00 bits per heavy atom. The number of carbonyl (C=O) groups excluding carboxylic acids is 1. The van der Waals surface area contributed by atoms with Gasteiger partial charge in [-0.15, -0.1) is 0 Å². The first kappa shape index (κ1) is 17.4. The highest BCUT2D eigenvalue weighted by molar-refractivity contribution is 5.78. The van der Waals surface area contributed by atoms with Crippen LogP contribution in [0.2, 0.25) is 0 Å². The summed E-state index contributed by atoms with van der Waals surface area (Å²) in [5.74, 6) is 1.39. The summed E-state index contributed by atoms with van der Waals surface area (Å²) in [6.45, 7) is 4.20. The molecule has 3 rings (SSSR count). The number of amides is 1. The normalized spacial score (nSPS) is 18.0. The average Bonchev–Trinajstić information content (AvgIpc) is 3.13. The molecule has 7 nitrogen and oxygen atoms in total. The van der Waals surface area contributed by atoms with Crippen LogP contribution in [0.1, 0.15) is 12.8 Å². The van der Waals surface area contributed by atoms with Crippen LogP contribution in [0, 0.1) is 5.92 Å². The van der Waals surface area contributed by atoms with E-state index >= 15 is 0 Å². The molecule has 1 N–H and O–H groups in total.